The number of methoxy groups -OCH3 is 1. The summed E-state index contributed by atoms with van der Waals surface area (Å²) in [4.78, 5) is 23.2. The number of carbonyl (C=O) groups excluding carboxylic acids is 2. The van der Waals surface area contributed by atoms with Gasteiger partial charge in [0.15, 0.2) is 0 Å². The van der Waals surface area contributed by atoms with Gasteiger partial charge < -0.3 is 9.15 Å². The number of amides is 1. The van der Waals surface area contributed by atoms with Crippen LogP contribution in [0.1, 0.15) is 21.9 Å². The molecule has 1 heterocycles. The van der Waals surface area contributed by atoms with E-state index in [2.05, 4.69) is 4.74 Å². The van der Waals surface area contributed by atoms with Crippen LogP contribution in [0.25, 0.3) is 0 Å². The Morgan fingerprint density at radius 1 is 1.17 bits per heavy atom. The molecule has 122 valence electrons. The summed E-state index contributed by atoms with van der Waals surface area (Å²) in [6.07, 6.45) is -0.229. The first-order chi connectivity index (χ1) is 10.8. The molecule has 0 fully saturated rings. The predicted octanol–water partition coefficient (Wildman–Crippen LogP) is 1.42. The van der Waals surface area contributed by atoms with Crippen LogP contribution in [0.4, 0.5) is 0 Å². The number of hydrogen-bond acceptors (Lipinski definition) is 6. The molecule has 0 atom stereocenters. The minimum absolute atomic E-state index is 0.149. The first-order valence-electron chi connectivity index (χ1n) is 6.62. The molecule has 8 heteroatoms. The van der Waals surface area contributed by atoms with Crippen LogP contribution >= 0.6 is 0 Å². The molecule has 1 N–H and O–H groups in total. The molecule has 7 nitrogen and oxygen atoms in total. The minimum Gasteiger partial charge on any atom is -0.466 e. The molecule has 1 aromatic heterocycles. The van der Waals surface area contributed by atoms with E-state index in [1.165, 1.54) is 24.3 Å². The van der Waals surface area contributed by atoms with Gasteiger partial charge >= 0.3 is 5.97 Å². The summed E-state index contributed by atoms with van der Waals surface area (Å²) in [5, 5.41) is 0. The Hall–Kier alpha value is -2.61. The van der Waals surface area contributed by atoms with Crippen molar-refractivity contribution in [3.05, 3.63) is 53.5 Å². The third kappa shape index (κ3) is 3.98. The Kier molecular flexibility index (Phi) is 4.85. The number of aryl methyl sites for hydroxylation is 1. The summed E-state index contributed by atoms with van der Waals surface area (Å²) >= 11 is 0. The number of sulfonamides is 1. The summed E-state index contributed by atoms with van der Waals surface area (Å²) in [5.41, 5.74) is -0.149. The SMILES string of the molecule is COC(=O)c1ccccc1S(=O)(=O)NC(=O)Cc1ccc(C)o1. The molecule has 0 saturated carbocycles. The van der Waals surface area contributed by atoms with E-state index in [0.29, 0.717) is 11.5 Å². The zero-order chi connectivity index (χ0) is 17.0. The fraction of sp³-hybridized carbons (Fsp3) is 0.200. The average molecular weight is 337 g/mol. The lowest BCUT2D eigenvalue weighted by atomic mass is 10.2. The number of furan rings is 1. The molecule has 0 radical (unpaired) electrons. The van der Waals surface area contributed by atoms with Crippen molar-refractivity contribution >= 4 is 21.9 Å². The molecule has 0 bridgehead atoms. The number of nitrogens with one attached hydrogen (secondary N) is 1. The highest BCUT2D eigenvalue weighted by molar-refractivity contribution is 7.90. The summed E-state index contributed by atoms with van der Waals surface area (Å²) < 4.78 is 36.3. The molecule has 0 unspecified atom stereocenters. The zero-order valence-corrected chi connectivity index (χ0v) is 13.3. The van der Waals surface area contributed by atoms with E-state index < -0.39 is 21.9 Å². The minimum atomic E-state index is -4.20. The molecule has 0 aliphatic carbocycles. The van der Waals surface area contributed by atoms with Crippen molar-refractivity contribution in [2.45, 2.75) is 18.2 Å². The van der Waals surface area contributed by atoms with Crippen LogP contribution in [0, 0.1) is 6.92 Å². The molecule has 2 rings (SSSR count). The van der Waals surface area contributed by atoms with Gasteiger partial charge in [-0.15, -0.1) is 0 Å². The van der Waals surface area contributed by atoms with Gasteiger partial charge in [-0.25, -0.2) is 17.9 Å². The van der Waals surface area contributed by atoms with E-state index in [1.54, 1.807) is 19.1 Å². The predicted molar refractivity (Wildman–Crippen MR) is 80.3 cm³/mol. The third-order valence-corrected chi connectivity index (χ3v) is 4.39. The molecule has 1 amide bonds. The van der Waals surface area contributed by atoms with Gasteiger partial charge in [-0.05, 0) is 31.2 Å². The number of rotatable bonds is 5. The van der Waals surface area contributed by atoms with Crippen molar-refractivity contribution in [1.29, 1.82) is 0 Å². The molecule has 0 aliphatic heterocycles. The van der Waals surface area contributed by atoms with E-state index in [-0.39, 0.29) is 16.9 Å². The number of benzene rings is 1. The molecule has 2 aromatic rings. The van der Waals surface area contributed by atoms with Crippen molar-refractivity contribution in [2.75, 3.05) is 7.11 Å². The van der Waals surface area contributed by atoms with Gasteiger partial charge in [-0.2, -0.15) is 0 Å². The lowest BCUT2D eigenvalue weighted by Crippen LogP contribution is -2.32. The highest BCUT2D eigenvalue weighted by atomic mass is 32.2. The maximum absolute atomic E-state index is 12.3. The fourth-order valence-corrected chi connectivity index (χ4v) is 3.14. The topological polar surface area (TPSA) is 103 Å². The number of ether oxygens (including phenoxy) is 1. The quantitative estimate of drug-likeness (QED) is 0.828. The molecule has 0 spiro atoms. The first-order valence-corrected chi connectivity index (χ1v) is 8.10. The van der Waals surface area contributed by atoms with Crippen LogP contribution in [-0.2, 0) is 26.0 Å². The van der Waals surface area contributed by atoms with Crippen LogP contribution in [0.2, 0.25) is 0 Å². The fourth-order valence-electron chi connectivity index (χ4n) is 1.96. The normalized spacial score (nSPS) is 11.0. The standard InChI is InChI=1S/C15H15NO6S/c1-10-7-8-11(22-10)9-14(17)16-23(19,20)13-6-4-3-5-12(13)15(18)21-2/h3-8H,9H2,1-2H3,(H,16,17). The summed E-state index contributed by atoms with van der Waals surface area (Å²) in [6, 6.07) is 8.73. The van der Waals surface area contributed by atoms with Gasteiger partial charge in [-0.1, -0.05) is 12.1 Å². The lowest BCUT2D eigenvalue weighted by Gasteiger charge is -2.09. The molecule has 1 aromatic carbocycles. The number of hydrogen-bond donors (Lipinski definition) is 1. The third-order valence-electron chi connectivity index (χ3n) is 2.96. The number of carbonyl (C=O) groups is 2. The van der Waals surface area contributed by atoms with Crippen LogP contribution in [-0.4, -0.2) is 27.4 Å². The van der Waals surface area contributed by atoms with Crippen molar-refractivity contribution in [1.82, 2.24) is 4.72 Å². The van der Waals surface area contributed by atoms with E-state index in [9.17, 15) is 18.0 Å². The smallest absolute Gasteiger partial charge is 0.339 e. The molecular formula is C15H15NO6S. The van der Waals surface area contributed by atoms with Crippen molar-refractivity contribution in [3.8, 4) is 0 Å². The van der Waals surface area contributed by atoms with Gasteiger partial charge in [0, 0.05) is 0 Å². The summed E-state index contributed by atoms with van der Waals surface area (Å²) in [6.45, 7) is 1.71. The van der Waals surface area contributed by atoms with Gasteiger partial charge in [0.1, 0.15) is 16.4 Å². The molecule has 23 heavy (non-hydrogen) atoms. The highest BCUT2D eigenvalue weighted by Gasteiger charge is 2.24. The van der Waals surface area contributed by atoms with Crippen molar-refractivity contribution < 1.29 is 27.2 Å². The van der Waals surface area contributed by atoms with Crippen LogP contribution in [0.15, 0.2) is 45.7 Å². The van der Waals surface area contributed by atoms with Gasteiger partial charge in [0.05, 0.1) is 19.1 Å². The first kappa shape index (κ1) is 16.8. The summed E-state index contributed by atoms with van der Waals surface area (Å²) in [5.74, 6) is -0.609. The van der Waals surface area contributed by atoms with E-state index >= 15 is 0 Å². The molecule has 0 aliphatic rings. The number of esters is 1. The monoisotopic (exact) mass is 337 g/mol. The molecule has 0 saturated heterocycles. The second kappa shape index (κ2) is 6.66. The van der Waals surface area contributed by atoms with Crippen LogP contribution in [0.3, 0.4) is 0 Å². The summed E-state index contributed by atoms with van der Waals surface area (Å²) in [7, 11) is -3.06. The Morgan fingerprint density at radius 2 is 1.87 bits per heavy atom. The Labute approximate surface area is 133 Å². The maximum Gasteiger partial charge on any atom is 0.339 e. The molecular weight excluding hydrogens is 322 g/mol. The van der Waals surface area contributed by atoms with E-state index in [0.717, 1.165) is 7.11 Å². The zero-order valence-electron chi connectivity index (χ0n) is 12.5. The Balaban J connectivity index is 2.22. The van der Waals surface area contributed by atoms with Gasteiger partial charge in [-0.3, -0.25) is 4.79 Å². The second-order valence-electron chi connectivity index (χ2n) is 4.71. The van der Waals surface area contributed by atoms with Gasteiger partial charge in [0.2, 0.25) is 5.91 Å². The average Bonchev–Trinajstić information content (AvgIpc) is 2.90. The van der Waals surface area contributed by atoms with Crippen LogP contribution in [0.5, 0.6) is 0 Å². The van der Waals surface area contributed by atoms with Gasteiger partial charge in [0.25, 0.3) is 10.0 Å². The second-order valence-corrected chi connectivity index (χ2v) is 6.36. The van der Waals surface area contributed by atoms with Crippen LogP contribution < -0.4 is 4.72 Å². The maximum atomic E-state index is 12.3. The van der Waals surface area contributed by atoms with Crippen molar-refractivity contribution in [2.24, 2.45) is 0 Å². The Bertz CT molecular complexity index is 837. The Morgan fingerprint density at radius 3 is 2.48 bits per heavy atom. The van der Waals surface area contributed by atoms with Crippen molar-refractivity contribution in [3.63, 3.8) is 0 Å². The highest BCUT2D eigenvalue weighted by Crippen LogP contribution is 2.16. The van der Waals surface area contributed by atoms with E-state index in [4.69, 9.17) is 4.42 Å². The lowest BCUT2D eigenvalue weighted by molar-refractivity contribution is -0.118. The van der Waals surface area contributed by atoms with E-state index in [1.807, 2.05) is 4.72 Å². The largest absolute Gasteiger partial charge is 0.466 e.